The summed E-state index contributed by atoms with van der Waals surface area (Å²) < 4.78 is 0. The van der Waals surface area contributed by atoms with E-state index in [1.807, 2.05) is 4.90 Å². The van der Waals surface area contributed by atoms with Gasteiger partial charge in [-0.1, -0.05) is 12.8 Å². The third-order valence-corrected chi connectivity index (χ3v) is 3.81. The molecular formula is C12H19NO3. The number of nitrogens with zero attached hydrogens (tertiary/aromatic N) is 1. The van der Waals surface area contributed by atoms with Crippen LogP contribution in [-0.2, 0) is 9.59 Å². The van der Waals surface area contributed by atoms with Crippen molar-refractivity contribution in [1.82, 2.24) is 4.90 Å². The molecule has 1 saturated carbocycles. The van der Waals surface area contributed by atoms with Crippen LogP contribution in [-0.4, -0.2) is 34.5 Å². The second kappa shape index (κ2) is 4.85. The lowest BCUT2D eigenvalue weighted by Crippen LogP contribution is -2.50. The number of piperidine rings is 1. The van der Waals surface area contributed by atoms with Crippen LogP contribution in [0.3, 0.4) is 0 Å². The lowest BCUT2D eigenvalue weighted by Gasteiger charge is -2.40. The van der Waals surface area contributed by atoms with Crippen molar-refractivity contribution in [3.05, 3.63) is 0 Å². The molecule has 2 aliphatic rings. The molecule has 1 heterocycles. The fourth-order valence-corrected chi connectivity index (χ4v) is 2.95. The number of hydrogen-bond donors (Lipinski definition) is 1. The highest BCUT2D eigenvalue weighted by atomic mass is 16.4. The number of hydrogen-bond acceptors (Lipinski definition) is 2. The minimum atomic E-state index is -0.733. The van der Waals surface area contributed by atoms with E-state index < -0.39 is 5.97 Å². The maximum Gasteiger partial charge on any atom is 0.308 e. The summed E-state index contributed by atoms with van der Waals surface area (Å²) in [7, 11) is 0. The maximum atomic E-state index is 11.8. The maximum absolute atomic E-state index is 11.8. The molecule has 1 N–H and O–H groups in total. The molecule has 1 amide bonds. The Morgan fingerprint density at radius 2 is 1.94 bits per heavy atom. The molecule has 2 fully saturated rings. The monoisotopic (exact) mass is 225 g/mol. The topological polar surface area (TPSA) is 57.6 Å². The lowest BCUT2D eigenvalue weighted by molar-refractivity contribution is -0.149. The van der Waals surface area contributed by atoms with Crippen LogP contribution in [0.4, 0.5) is 0 Å². The van der Waals surface area contributed by atoms with Crippen molar-refractivity contribution < 1.29 is 14.7 Å². The number of likely N-dealkylation sites (tertiary alicyclic amines) is 1. The second-order valence-electron chi connectivity index (χ2n) is 4.84. The van der Waals surface area contributed by atoms with Gasteiger partial charge in [0.2, 0.25) is 5.91 Å². The van der Waals surface area contributed by atoms with Crippen LogP contribution in [0.25, 0.3) is 0 Å². The van der Waals surface area contributed by atoms with Gasteiger partial charge in [-0.3, -0.25) is 9.59 Å². The quantitative estimate of drug-likeness (QED) is 0.777. The number of amides is 1. The zero-order valence-corrected chi connectivity index (χ0v) is 9.52. The molecule has 0 radical (unpaired) electrons. The normalized spacial score (nSPS) is 31.5. The fourth-order valence-electron chi connectivity index (χ4n) is 2.95. The summed E-state index contributed by atoms with van der Waals surface area (Å²) in [5, 5.41) is 9.19. The fraction of sp³-hybridized carbons (Fsp3) is 0.833. The van der Waals surface area contributed by atoms with Gasteiger partial charge in [0.25, 0.3) is 0 Å². The van der Waals surface area contributed by atoms with E-state index in [9.17, 15) is 14.7 Å². The largest absolute Gasteiger partial charge is 0.481 e. The number of rotatable bonds is 2. The predicted octanol–water partition coefficient (Wildman–Crippen LogP) is 1.64. The van der Waals surface area contributed by atoms with Crippen LogP contribution >= 0.6 is 0 Å². The molecule has 4 heteroatoms. The molecule has 0 aromatic heterocycles. The Hall–Kier alpha value is -1.06. The molecule has 2 unspecified atom stereocenters. The van der Waals surface area contributed by atoms with Gasteiger partial charge in [-0.2, -0.15) is 0 Å². The van der Waals surface area contributed by atoms with E-state index in [2.05, 4.69) is 0 Å². The Balaban J connectivity index is 2.09. The smallest absolute Gasteiger partial charge is 0.308 e. The molecule has 90 valence electrons. The highest BCUT2D eigenvalue weighted by Crippen LogP contribution is 2.30. The van der Waals surface area contributed by atoms with E-state index in [4.69, 9.17) is 0 Å². The molecule has 1 aliphatic heterocycles. The summed E-state index contributed by atoms with van der Waals surface area (Å²) in [6.07, 6.45) is 6.21. The van der Waals surface area contributed by atoms with Gasteiger partial charge in [0.1, 0.15) is 0 Å². The zero-order chi connectivity index (χ0) is 11.5. The van der Waals surface area contributed by atoms with Crippen LogP contribution in [0, 0.1) is 5.92 Å². The third kappa shape index (κ3) is 2.20. The van der Waals surface area contributed by atoms with E-state index >= 15 is 0 Å². The van der Waals surface area contributed by atoms with Gasteiger partial charge < -0.3 is 10.0 Å². The lowest BCUT2D eigenvalue weighted by atomic mass is 9.82. The first-order valence-electron chi connectivity index (χ1n) is 6.22. The van der Waals surface area contributed by atoms with Crippen molar-refractivity contribution in [2.24, 2.45) is 5.92 Å². The van der Waals surface area contributed by atoms with Gasteiger partial charge in [0.05, 0.1) is 5.92 Å². The Kier molecular flexibility index (Phi) is 3.46. The van der Waals surface area contributed by atoms with Gasteiger partial charge in [-0.25, -0.2) is 0 Å². The molecular weight excluding hydrogens is 206 g/mol. The number of carbonyl (C=O) groups is 2. The molecule has 0 spiro atoms. The molecule has 0 bridgehead atoms. The molecule has 1 saturated heterocycles. The van der Waals surface area contributed by atoms with Crippen molar-refractivity contribution in [3.63, 3.8) is 0 Å². The molecule has 1 aliphatic carbocycles. The van der Waals surface area contributed by atoms with Gasteiger partial charge in [-0.05, 0) is 25.7 Å². The molecule has 2 atom stereocenters. The average molecular weight is 225 g/mol. The first kappa shape index (κ1) is 11.4. The van der Waals surface area contributed by atoms with Gasteiger partial charge >= 0.3 is 5.97 Å². The Labute approximate surface area is 95.6 Å². The van der Waals surface area contributed by atoms with E-state index in [1.54, 1.807) is 0 Å². The number of carboxylic acid groups (broad SMARTS) is 1. The van der Waals surface area contributed by atoms with Crippen LogP contribution < -0.4 is 0 Å². The van der Waals surface area contributed by atoms with Crippen LogP contribution in [0.5, 0.6) is 0 Å². The van der Waals surface area contributed by atoms with E-state index in [0.717, 1.165) is 45.1 Å². The van der Waals surface area contributed by atoms with Gasteiger partial charge in [0, 0.05) is 19.0 Å². The van der Waals surface area contributed by atoms with Crippen molar-refractivity contribution in [1.29, 1.82) is 0 Å². The van der Waals surface area contributed by atoms with Crippen molar-refractivity contribution >= 4 is 11.9 Å². The summed E-state index contributed by atoms with van der Waals surface area (Å²) in [6.45, 7) is 0.757. The van der Waals surface area contributed by atoms with E-state index in [0.29, 0.717) is 6.42 Å². The highest BCUT2D eigenvalue weighted by molar-refractivity contribution is 5.79. The SMILES string of the molecule is O=C(O)C1CCCCC1N1CCCCC1=O. The molecule has 0 aromatic carbocycles. The second-order valence-corrected chi connectivity index (χ2v) is 4.84. The molecule has 16 heavy (non-hydrogen) atoms. The summed E-state index contributed by atoms with van der Waals surface area (Å²) in [4.78, 5) is 24.8. The van der Waals surface area contributed by atoms with Gasteiger partial charge in [-0.15, -0.1) is 0 Å². The summed E-state index contributed by atoms with van der Waals surface area (Å²) in [5.41, 5.74) is 0. The number of carbonyl (C=O) groups excluding carboxylic acids is 1. The van der Waals surface area contributed by atoms with Crippen LogP contribution in [0.2, 0.25) is 0 Å². The average Bonchev–Trinajstić information content (AvgIpc) is 2.29. The summed E-state index contributed by atoms with van der Waals surface area (Å²) in [6, 6.07) is -0.0425. The first-order chi connectivity index (χ1) is 7.70. The standard InChI is InChI=1S/C12H19NO3/c14-11-7-3-4-8-13(11)10-6-2-1-5-9(10)12(15)16/h9-10H,1-8H2,(H,15,16). The van der Waals surface area contributed by atoms with E-state index in [1.165, 1.54) is 0 Å². The first-order valence-corrected chi connectivity index (χ1v) is 6.22. The molecule has 0 aromatic rings. The minimum Gasteiger partial charge on any atom is -0.481 e. The third-order valence-electron chi connectivity index (χ3n) is 3.81. The van der Waals surface area contributed by atoms with Gasteiger partial charge in [0.15, 0.2) is 0 Å². The van der Waals surface area contributed by atoms with Crippen LogP contribution in [0.15, 0.2) is 0 Å². The molecule has 2 rings (SSSR count). The number of carboxylic acids is 1. The zero-order valence-electron chi connectivity index (χ0n) is 9.52. The van der Waals surface area contributed by atoms with E-state index in [-0.39, 0.29) is 17.9 Å². The summed E-state index contributed by atoms with van der Waals surface area (Å²) in [5.74, 6) is -0.914. The Morgan fingerprint density at radius 1 is 1.19 bits per heavy atom. The van der Waals surface area contributed by atoms with Crippen molar-refractivity contribution in [2.45, 2.75) is 51.0 Å². The summed E-state index contributed by atoms with van der Waals surface area (Å²) >= 11 is 0. The Morgan fingerprint density at radius 3 is 2.62 bits per heavy atom. The van der Waals surface area contributed by atoms with Crippen LogP contribution in [0.1, 0.15) is 44.9 Å². The molecule has 4 nitrogen and oxygen atoms in total. The Bertz CT molecular complexity index is 290. The van der Waals surface area contributed by atoms with Crippen molar-refractivity contribution in [2.75, 3.05) is 6.54 Å². The number of aliphatic carboxylic acids is 1. The predicted molar refractivity (Wildman–Crippen MR) is 58.9 cm³/mol. The van der Waals surface area contributed by atoms with Crippen molar-refractivity contribution in [3.8, 4) is 0 Å². The minimum absolute atomic E-state index is 0.0425. The highest BCUT2D eigenvalue weighted by Gasteiger charge is 2.37.